The fourth-order valence-corrected chi connectivity index (χ4v) is 5.45. The van der Waals surface area contributed by atoms with Crippen LogP contribution in [0.2, 0.25) is 0 Å². The van der Waals surface area contributed by atoms with Crippen molar-refractivity contribution in [1.29, 1.82) is 0 Å². The van der Waals surface area contributed by atoms with Gasteiger partial charge in [-0.25, -0.2) is 0 Å². The number of hydrogen-bond acceptors (Lipinski definition) is 6. The Morgan fingerprint density at radius 2 is 1.87 bits per heavy atom. The highest BCUT2D eigenvalue weighted by Crippen LogP contribution is 2.33. The molecule has 1 aromatic heterocycles. The Hall–Kier alpha value is -4.10. The first-order chi connectivity index (χ1) is 19.1. The van der Waals surface area contributed by atoms with Crippen molar-refractivity contribution >= 4 is 16.8 Å². The van der Waals surface area contributed by atoms with Gasteiger partial charge in [0.2, 0.25) is 6.79 Å². The third-order valence-electron chi connectivity index (χ3n) is 7.38. The van der Waals surface area contributed by atoms with Crippen LogP contribution >= 0.6 is 0 Å². The van der Waals surface area contributed by atoms with E-state index in [1.807, 2.05) is 35.4 Å². The zero-order chi connectivity index (χ0) is 26.6. The van der Waals surface area contributed by atoms with Gasteiger partial charge in [-0.05, 0) is 79.5 Å². The number of pyridine rings is 1. The first-order valence-electron chi connectivity index (χ1n) is 13.5. The third kappa shape index (κ3) is 5.99. The van der Waals surface area contributed by atoms with E-state index in [2.05, 4.69) is 59.4 Å². The molecule has 0 saturated carbocycles. The minimum atomic E-state index is 0.0331. The second-order valence-corrected chi connectivity index (χ2v) is 10.5. The molecule has 2 aliphatic rings. The highest BCUT2D eigenvalue weighted by atomic mass is 16.7. The topological polar surface area (TPSA) is 64.1 Å². The van der Waals surface area contributed by atoms with E-state index in [0.29, 0.717) is 36.1 Å². The number of rotatable bonds is 8. The molecule has 3 aromatic carbocycles. The molecule has 7 heteroatoms. The van der Waals surface area contributed by atoms with E-state index < -0.39 is 0 Å². The molecule has 3 heterocycles. The number of nitrogens with zero attached hydrogens (tertiary/aromatic N) is 3. The van der Waals surface area contributed by atoms with E-state index in [1.54, 1.807) is 6.07 Å². The molecule has 0 spiro atoms. The molecule has 2 aliphatic heterocycles. The number of fused-ring (bicyclic) bond motifs is 2. The molecular formula is C32H33N3O4. The average Bonchev–Trinajstić information content (AvgIpc) is 3.44. The van der Waals surface area contributed by atoms with Crippen molar-refractivity contribution < 1.29 is 19.0 Å². The van der Waals surface area contributed by atoms with E-state index in [-0.39, 0.29) is 12.7 Å². The van der Waals surface area contributed by atoms with Gasteiger partial charge in [-0.15, -0.1) is 0 Å². The SMILES string of the molecule is CN(Cc1cccc(OC[C@@H]2CCCN(C(=O)c3ccc4c(c3)OCO4)C2)c1)Cc1ccc2ncccc2c1. The van der Waals surface area contributed by atoms with Gasteiger partial charge in [0.1, 0.15) is 5.75 Å². The fourth-order valence-electron chi connectivity index (χ4n) is 5.45. The molecule has 0 N–H and O–H groups in total. The zero-order valence-corrected chi connectivity index (χ0v) is 22.2. The van der Waals surface area contributed by atoms with Crippen LogP contribution in [-0.2, 0) is 13.1 Å². The van der Waals surface area contributed by atoms with Gasteiger partial charge in [0, 0.05) is 49.2 Å². The van der Waals surface area contributed by atoms with Gasteiger partial charge < -0.3 is 19.1 Å². The quantitative estimate of drug-likeness (QED) is 0.303. The molecule has 200 valence electrons. The number of piperidine rings is 1. The Labute approximate surface area is 228 Å². The first-order valence-corrected chi connectivity index (χ1v) is 13.5. The van der Waals surface area contributed by atoms with Crippen LogP contribution in [0.15, 0.2) is 79.0 Å². The number of carbonyl (C=O) groups is 1. The van der Waals surface area contributed by atoms with E-state index in [9.17, 15) is 4.79 Å². The van der Waals surface area contributed by atoms with Crippen LogP contribution in [0.3, 0.4) is 0 Å². The summed E-state index contributed by atoms with van der Waals surface area (Å²) in [5.41, 5.74) is 4.13. The van der Waals surface area contributed by atoms with Crippen LogP contribution in [0.1, 0.15) is 34.3 Å². The minimum absolute atomic E-state index is 0.0331. The molecule has 7 nitrogen and oxygen atoms in total. The van der Waals surface area contributed by atoms with E-state index in [4.69, 9.17) is 14.2 Å². The van der Waals surface area contributed by atoms with E-state index >= 15 is 0 Å². The normalized spacial score (nSPS) is 16.6. The largest absolute Gasteiger partial charge is 0.493 e. The summed E-state index contributed by atoms with van der Waals surface area (Å²) in [6, 6.07) is 24.3. The summed E-state index contributed by atoms with van der Waals surface area (Å²) >= 11 is 0. The van der Waals surface area contributed by atoms with Crippen molar-refractivity contribution in [2.75, 3.05) is 33.5 Å². The standard InChI is InChI=1S/C32H33N3O4/c1-34(19-24-9-11-29-26(15-24)7-3-13-33-29)18-23-5-2-8-28(16-23)37-21-25-6-4-14-35(20-25)32(36)27-10-12-30-31(17-27)39-22-38-30/h2-3,5,7-13,15-17,25H,4,6,14,18-22H2,1H3/t25-/m1/s1. The van der Waals surface area contributed by atoms with Crippen molar-refractivity contribution in [2.24, 2.45) is 5.92 Å². The predicted octanol–water partition coefficient (Wildman–Crippen LogP) is 5.53. The van der Waals surface area contributed by atoms with Gasteiger partial charge in [-0.1, -0.05) is 24.3 Å². The smallest absolute Gasteiger partial charge is 0.254 e. The third-order valence-corrected chi connectivity index (χ3v) is 7.38. The van der Waals surface area contributed by atoms with Gasteiger partial charge >= 0.3 is 0 Å². The van der Waals surface area contributed by atoms with Crippen molar-refractivity contribution in [1.82, 2.24) is 14.8 Å². The van der Waals surface area contributed by atoms with Crippen LogP contribution in [0, 0.1) is 5.92 Å². The second kappa shape index (κ2) is 11.3. The lowest BCUT2D eigenvalue weighted by atomic mass is 9.98. The number of likely N-dealkylation sites (tertiary alicyclic amines) is 1. The molecule has 0 radical (unpaired) electrons. The van der Waals surface area contributed by atoms with Gasteiger partial charge in [-0.2, -0.15) is 0 Å². The summed E-state index contributed by atoms with van der Waals surface area (Å²) in [5.74, 6) is 2.53. The van der Waals surface area contributed by atoms with E-state index in [1.165, 1.54) is 11.1 Å². The van der Waals surface area contributed by atoms with Crippen LogP contribution in [0.25, 0.3) is 10.9 Å². The van der Waals surface area contributed by atoms with Crippen molar-refractivity contribution in [3.63, 3.8) is 0 Å². The maximum atomic E-state index is 13.1. The Bertz CT molecular complexity index is 1470. The molecule has 1 atom stereocenters. The molecule has 6 rings (SSSR count). The number of hydrogen-bond donors (Lipinski definition) is 0. The number of carbonyl (C=O) groups excluding carboxylic acids is 1. The van der Waals surface area contributed by atoms with Crippen molar-refractivity contribution in [3.05, 3.63) is 95.7 Å². The van der Waals surface area contributed by atoms with E-state index in [0.717, 1.165) is 49.1 Å². The highest BCUT2D eigenvalue weighted by molar-refractivity contribution is 5.95. The summed E-state index contributed by atoms with van der Waals surface area (Å²) in [7, 11) is 2.13. The molecule has 0 bridgehead atoms. The molecule has 4 aromatic rings. The van der Waals surface area contributed by atoms with Gasteiger partial charge in [0.25, 0.3) is 5.91 Å². The molecule has 0 aliphatic carbocycles. The van der Waals surface area contributed by atoms with Crippen LogP contribution in [0.4, 0.5) is 0 Å². The minimum Gasteiger partial charge on any atom is -0.493 e. The Balaban J connectivity index is 1.02. The van der Waals surface area contributed by atoms with Crippen LogP contribution < -0.4 is 14.2 Å². The molecule has 39 heavy (non-hydrogen) atoms. The monoisotopic (exact) mass is 523 g/mol. The Morgan fingerprint density at radius 3 is 2.79 bits per heavy atom. The number of amides is 1. The molecule has 1 saturated heterocycles. The lowest BCUT2D eigenvalue weighted by molar-refractivity contribution is 0.0633. The highest BCUT2D eigenvalue weighted by Gasteiger charge is 2.26. The summed E-state index contributed by atoms with van der Waals surface area (Å²) < 4.78 is 17.0. The lowest BCUT2D eigenvalue weighted by Crippen LogP contribution is -2.41. The summed E-state index contributed by atoms with van der Waals surface area (Å²) in [6.45, 7) is 3.93. The van der Waals surface area contributed by atoms with Gasteiger partial charge in [0.15, 0.2) is 11.5 Å². The summed E-state index contributed by atoms with van der Waals surface area (Å²) in [5, 5.41) is 1.16. The number of ether oxygens (including phenoxy) is 3. The van der Waals surface area contributed by atoms with Gasteiger partial charge in [0.05, 0.1) is 12.1 Å². The van der Waals surface area contributed by atoms with Crippen LogP contribution in [-0.4, -0.2) is 54.2 Å². The van der Waals surface area contributed by atoms with Crippen molar-refractivity contribution in [2.45, 2.75) is 25.9 Å². The number of benzene rings is 3. The van der Waals surface area contributed by atoms with Crippen molar-refractivity contribution in [3.8, 4) is 17.2 Å². The maximum Gasteiger partial charge on any atom is 0.254 e. The fraction of sp³-hybridized carbons (Fsp3) is 0.312. The Morgan fingerprint density at radius 1 is 1.00 bits per heavy atom. The molecule has 1 amide bonds. The second-order valence-electron chi connectivity index (χ2n) is 10.5. The lowest BCUT2D eigenvalue weighted by Gasteiger charge is -2.32. The summed E-state index contributed by atoms with van der Waals surface area (Å²) in [6.07, 6.45) is 3.85. The summed E-state index contributed by atoms with van der Waals surface area (Å²) in [4.78, 5) is 21.8. The molecular weight excluding hydrogens is 490 g/mol. The molecule has 0 unspecified atom stereocenters. The Kier molecular flexibility index (Phi) is 7.32. The van der Waals surface area contributed by atoms with Gasteiger partial charge in [-0.3, -0.25) is 14.7 Å². The molecule has 1 fully saturated rings. The maximum absolute atomic E-state index is 13.1. The zero-order valence-electron chi connectivity index (χ0n) is 22.2. The number of aromatic nitrogens is 1. The van der Waals surface area contributed by atoms with Crippen LogP contribution in [0.5, 0.6) is 17.2 Å². The predicted molar refractivity (Wildman–Crippen MR) is 150 cm³/mol. The average molecular weight is 524 g/mol. The first kappa shape index (κ1) is 25.2.